The maximum Gasteiger partial charge on any atom is 0.251 e. The van der Waals surface area contributed by atoms with Crippen molar-refractivity contribution in [2.45, 2.75) is 18.5 Å². The predicted molar refractivity (Wildman–Crippen MR) is 128 cm³/mol. The largest absolute Gasteiger partial charge is 0.348 e. The monoisotopic (exact) mass is 451 g/mol. The van der Waals surface area contributed by atoms with Gasteiger partial charge in [-0.05, 0) is 48.4 Å². The van der Waals surface area contributed by atoms with E-state index in [0.717, 1.165) is 24.1 Å². The third-order valence-electron chi connectivity index (χ3n) is 5.93. The molecule has 2 atom stereocenters. The Labute approximate surface area is 199 Å². The van der Waals surface area contributed by atoms with Crippen LogP contribution >= 0.6 is 0 Å². The van der Waals surface area contributed by atoms with Crippen LogP contribution in [0.1, 0.15) is 45.1 Å². The molecule has 1 N–H and O–H groups in total. The molecule has 1 amide bonds. The maximum absolute atomic E-state index is 12.7. The first-order valence-electron chi connectivity index (χ1n) is 11.0. The van der Waals surface area contributed by atoms with Crippen LogP contribution < -0.4 is 10.2 Å². The fourth-order valence-corrected chi connectivity index (χ4v) is 4.16. The maximum atomic E-state index is 12.7. The molecule has 1 unspecified atom stereocenters. The molecule has 4 rings (SSSR count). The number of carbonyl (C=O) groups excluding carboxylic acids is 1. The number of benzene rings is 2. The SMILES string of the molecule is CN(C)c1ncc(C(c2ccc(C#N)cc2)N2CC[C@@H](NC(=O)c3ccc(C#N)cc3)C2)cn1. The van der Waals surface area contributed by atoms with Crippen molar-refractivity contribution in [3.63, 3.8) is 0 Å². The molecular weight excluding hydrogens is 426 g/mol. The number of likely N-dealkylation sites (tertiary alicyclic amines) is 1. The molecular formula is C26H25N7O. The zero-order valence-electron chi connectivity index (χ0n) is 19.1. The fraction of sp³-hybridized carbons (Fsp3) is 0.269. The van der Waals surface area contributed by atoms with E-state index in [2.05, 4.69) is 32.3 Å². The molecule has 0 saturated carbocycles. The first-order valence-corrected chi connectivity index (χ1v) is 11.0. The van der Waals surface area contributed by atoms with Crippen LogP contribution in [0.3, 0.4) is 0 Å². The van der Waals surface area contributed by atoms with Gasteiger partial charge in [0.1, 0.15) is 0 Å². The number of nitriles is 2. The van der Waals surface area contributed by atoms with Gasteiger partial charge in [0.05, 0.1) is 29.3 Å². The van der Waals surface area contributed by atoms with Crippen molar-refractivity contribution in [1.29, 1.82) is 10.5 Å². The Morgan fingerprint density at radius 3 is 2.15 bits per heavy atom. The van der Waals surface area contributed by atoms with Crippen LogP contribution in [0.2, 0.25) is 0 Å². The van der Waals surface area contributed by atoms with Crippen LogP contribution in [0.4, 0.5) is 5.95 Å². The van der Waals surface area contributed by atoms with Gasteiger partial charge >= 0.3 is 0 Å². The average molecular weight is 452 g/mol. The van der Waals surface area contributed by atoms with E-state index in [4.69, 9.17) is 5.26 Å². The van der Waals surface area contributed by atoms with Crippen LogP contribution in [0, 0.1) is 22.7 Å². The molecule has 170 valence electrons. The summed E-state index contributed by atoms with van der Waals surface area (Å²) in [5.41, 5.74) is 3.66. The third-order valence-corrected chi connectivity index (χ3v) is 5.93. The van der Waals surface area contributed by atoms with Crippen molar-refractivity contribution in [3.05, 3.63) is 88.7 Å². The number of rotatable bonds is 6. The molecule has 0 aliphatic carbocycles. The lowest BCUT2D eigenvalue weighted by Gasteiger charge is -2.28. The van der Waals surface area contributed by atoms with E-state index in [9.17, 15) is 10.1 Å². The van der Waals surface area contributed by atoms with Gasteiger partial charge in [0.15, 0.2) is 0 Å². The second kappa shape index (κ2) is 10.1. The number of hydrogen-bond donors (Lipinski definition) is 1. The van der Waals surface area contributed by atoms with Gasteiger partial charge in [-0.2, -0.15) is 10.5 Å². The molecule has 8 heteroatoms. The van der Waals surface area contributed by atoms with Gasteiger partial charge in [-0.15, -0.1) is 0 Å². The number of nitrogens with one attached hydrogen (secondary N) is 1. The first-order chi connectivity index (χ1) is 16.5. The molecule has 1 aromatic heterocycles. The van der Waals surface area contributed by atoms with Crippen molar-refractivity contribution in [2.75, 3.05) is 32.1 Å². The minimum atomic E-state index is -0.148. The number of hydrogen-bond acceptors (Lipinski definition) is 7. The normalized spacial score (nSPS) is 16.3. The number of amides is 1. The van der Waals surface area contributed by atoms with E-state index < -0.39 is 0 Å². The van der Waals surface area contributed by atoms with Gasteiger partial charge in [-0.25, -0.2) is 9.97 Å². The highest BCUT2D eigenvalue weighted by atomic mass is 16.1. The van der Waals surface area contributed by atoms with Gasteiger partial charge in [0, 0.05) is 56.7 Å². The van der Waals surface area contributed by atoms with Crippen molar-refractivity contribution in [1.82, 2.24) is 20.2 Å². The Balaban J connectivity index is 1.53. The number of nitrogens with zero attached hydrogens (tertiary/aromatic N) is 6. The van der Waals surface area contributed by atoms with Crippen LogP contribution in [-0.2, 0) is 0 Å². The van der Waals surface area contributed by atoms with Gasteiger partial charge in [0.2, 0.25) is 5.95 Å². The van der Waals surface area contributed by atoms with Crippen molar-refractivity contribution >= 4 is 11.9 Å². The van der Waals surface area contributed by atoms with E-state index in [1.165, 1.54) is 0 Å². The number of anilines is 1. The highest BCUT2D eigenvalue weighted by Crippen LogP contribution is 2.31. The lowest BCUT2D eigenvalue weighted by Crippen LogP contribution is -2.38. The Bertz CT molecular complexity index is 1220. The van der Waals surface area contributed by atoms with Crippen LogP contribution in [-0.4, -0.2) is 54.0 Å². The number of carbonyl (C=O) groups is 1. The lowest BCUT2D eigenvalue weighted by atomic mass is 9.98. The summed E-state index contributed by atoms with van der Waals surface area (Å²) in [7, 11) is 3.80. The summed E-state index contributed by atoms with van der Waals surface area (Å²) in [6.45, 7) is 1.46. The van der Waals surface area contributed by atoms with Crippen LogP contribution in [0.5, 0.6) is 0 Å². The second-order valence-corrected chi connectivity index (χ2v) is 8.49. The van der Waals surface area contributed by atoms with Gasteiger partial charge in [0.25, 0.3) is 5.91 Å². The van der Waals surface area contributed by atoms with Crippen LogP contribution in [0.15, 0.2) is 60.9 Å². The molecule has 2 heterocycles. The Hall–Kier alpha value is -4.27. The summed E-state index contributed by atoms with van der Waals surface area (Å²) >= 11 is 0. The summed E-state index contributed by atoms with van der Waals surface area (Å²) in [6, 6.07) is 18.3. The molecule has 2 aromatic carbocycles. The van der Waals surface area contributed by atoms with Crippen LogP contribution in [0.25, 0.3) is 0 Å². The summed E-state index contributed by atoms with van der Waals surface area (Å²) in [5, 5.41) is 21.3. The van der Waals surface area contributed by atoms with E-state index in [0.29, 0.717) is 29.2 Å². The Kier molecular flexibility index (Phi) is 6.82. The molecule has 1 aliphatic rings. The average Bonchev–Trinajstić information content (AvgIpc) is 3.32. The molecule has 3 aromatic rings. The molecule has 0 radical (unpaired) electrons. The molecule has 1 aliphatic heterocycles. The third kappa shape index (κ3) is 5.03. The Morgan fingerprint density at radius 2 is 1.59 bits per heavy atom. The quantitative estimate of drug-likeness (QED) is 0.614. The zero-order chi connectivity index (χ0) is 24.1. The fourth-order valence-electron chi connectivity index (χ4n) is 4.16. The summed E-state index contributed by atoms with van der Waals surface area (Å²) in [6.07, 6.45) is 4.49. The van der Waals surface area contributed by atoms with E-state index in [-0.39, 0.29) is 18.0 Å². The van der Waals surface area contributed by atoms with E-state index in [1.807, 2.05) is 55.7 Å². The minimum absolute atomic E-state index is 0.00834. The predicted octanol–water partition coefficient (Wildman–Crippen LogP) is 2.88. The molecule has 8 nitrogen and oxygen atoms in total. The second-order valence-electron chi connectivity index (χ2n) is 8.49. The Morgan fingerprint density at radius 1 is 1.00 bits per heavy atom. The van der Waals surface area contributed by atoms with Gasteiger partial charge in [-0.3, -0.25) is 9.69 Å². The molecule has 1 fully saturated rings. The van der Waals surface area contributed by atoms with Crippen molar-refractivity contribution in [3.8, 4) is 12.1 Å². The van der Waals surface area contributed by atoms with E-state index >= 15 is 0 Å². The van der Waals surface area contributed by atoms with Gasteiger partial charge < -0.3 is 10.2 Å². The summed E-state index contributed by atoms with van der Waals surface area (Å²) in [4.78, 5) is 25.9. The highest BCUT2D eigenvalue weighted by molar-refractivity contribution is 5.94. The standard InChI is InChI=1S/C26H25N7O/c1-32(2)26-29-15-22(16-30-26)24(20-7-3-18(13-27)4-8-20)33-12-11-23(17-33)31-25(34)21-9-5-19(14-28)6-10-21/h3-10,15-16,23-24H,11-12,17H2,1-2H3,(H,31,34)/t23-,24?/m1/s1. The molecule has 0 bridgehead atoms. The molecule has 34 heavy (non-hydrogen) atoms. The zero-order valence-corrected chi connectivity index (χ0v) is 19.1. The smallest absolute Gasteiger partial charge is 0.251 e. The van der Waals surface area contributed by atoms with Gasteiger partial charge in [-0.1, -0.05) is 12.1 Å². The van der Waals surface area contributed by atoms with E-state index in [1.54, 1.807) is 24.3 Å². The molecule has 1 saturated heterocycles. The lowest BCUT2D eigenvalue weighted by molar-refractivity contribution is 0.0937. The first kappa shape index (κ1) is 22.9. The topological polar surface area (TPSA) is 109 Å². The minimum Gasteiger partial charge on any atom is -0.348 e. The van der Waals surface area contributed by atoms with Crippen molar-refractivity contribution < 1.29 is 4.79 Å². The van der Waals surface area contributed by atoms with Crippen molar-refractivity contribution in [2.24, 2.45) is 0 Å². The number of aromatic nitrogens is 2. The molecule has 0 spiro atoms. The highest BCUT2D eigenvalue weighted by Gasteiger charge is 2.31. The summed E-state index contributed by atoms with van der Waals surface area (Å²) in [5.74, 6) is 0.487. The summed E-state index contributed by atoms with van der Waals surface area (Å²) < 4.78 is 0.